The van der Waals surface area contributed by atoms with Crippen molar-refractivity contribution in [1.82, 2.24) is 9.88 Å². The van der Waals surface area contributed by atoms with Crippen LogP contribution in [-0.4, -0.2) is 29.1 Å². The molecule has 1 unspecified atom stereocenters. The number of hydrogen-bond donors (Lipinski definition) is 1. The number of nitrogens with one attached hydrogen (secondary N) is 1. The molecule has 3 aromatic carbocycles. The number of ether oxygens (including phenoxy) is 2. The third kappa shape index (κ3) is 3.93. The number of halogens is 3. The van der Waals surface area contributed by atoms with Gasteiger partial charge in [-0.3, -0.25) is 4.79 Å². The average Bonchev–Trinajstić information content (AvgIpc) is 3.69. The largest absolute Gasteiger partial charge is 0.454 e. The number of para-hydroxylation sites is 1. The Balaban J connectivity index is 1.29. The second kappa shape index (κ2) is 8.69. The lowest BCUT2D eigenvalue weighted by Crippen LogP contribution is -2.40. The molecule has 7 rings (SSSR count). The van der Waals surface area contributed by atoms with Crippen LogP contribution in [0.2, 0.25) is 0 Å². The molecule has 0 saturated heterocycles. The maximum Gasteiger partial charge on any atom is 0.416 e. The van der Waals surface area contributed by atoms with Crippen molar-refractivity contribution in [2.75, 3.05) is 13.3 Å². The SMILES string of the molecule is O=C(c1ccc(-c2cccc(C(F)(F)F)c2)o1)N1CCc2c([nH]c3ccccc23)C1c1ccc2c(c1)OCO2. The fourth-order valence-corrected chi connectivity index (χ4v) is 5.49. The molecule has 2 aliphatic heterocycles. The molecule has 6 nitrogen and oxygen atoms in total. The van der Waals surface area contributed by atoms with Gasteiger partial charge < -0.3 is 23.8 Å². The zero-order chi connectivity index (χ0) is 26.7. The van der Waals surface area contributed by atoms with Crippen molar-refractivity contribution in [2.45, 2.75) is 18.6 Å². The second-order valence-electron chi connectivity index (χ2n) is 9.57. The van der Waals surface area contributed by atoms with Crippen LogP contribution in [0.1, 0.15) is 39.0 Å². The summed E-state index contributed by atoms with van der Waals surface area (Å²) in [5.74, 6) is 1.12. The maximum absolute atomic E-state index is 13.9. The van der Waals surface area contributed by atoms with Gasteiger partial charge in [-0.1, -0.05) is 36.4 Å². The van der Waals surface area contributed by atoms with Crippen LogP contribution in [0.5, 0.6) is 11.5 Å². The Labute approximate surface area is 220 Å². The van der Waals surface area contributed by atoms with Gasteiger partial charge in [0.2, 0.25) is 6.79 Å². The van der Waals surface area contributed by atoms with Crippen LogP contribution in [0.15, 0.2) is 83.3 Å². The van der Waals surface area contributed by atoms with Crippen molar-refractivity contribution < 1.29 is 31.9 Å². The zero-order valence-corrected chi connectivity index (χ0v) is 20.4. The highest BCUT2D eigenvalue weighted by Gasteiger charge is 2.37. The summed E-state index contributed by atoms with van der Waals surface area (Å²) < 4.78 is 56.6. The number of nitrogens with zero attached hydrogens (tertiary/aromatic N) is 1. The van der Waals surface area contributed by atoms with E-state index in [1.165, 1.54) is 24.3 Å². The number of benzene rings is 3. The lowest BCUT2D eigenvalue weighted by atomic mass is 9.92. The molecule has 196 valence electrons. The summed E-state index contributed by atoms with van der Waals surface area (Å²) in [6.07, 6.45) is -3.85. The lowest BCUT2D eigenvalue weighted by molar-refractivity contribution is -0.137. The molecule has 2 aliphatic rings. The minimum absolute atomic E-state index is 0.0488. The smallest absolute Gasteiger partial charge is 0.416 e. The molecule has 1 amide bonds. The summed E-state index contributed by atoms with van der Waals surface area (Å²) in [5.41, 5.74) is 3.32. The van der Waals surface area contributed by atoms with Gasteiger partial charge in [0.1, 0.15) is 5.76 Å². The van der Waals surface area contributed by atoms with Gasteiger partial charge in [0.15, 0.2) is 17.3 Å². The molecule has 1 N–H and O–H groups in total. The monoisotopic (exact) mass is 530 g/mol. The van der Waals surface area contributed by atoms with Crippen molar-refractivity contribution in [3.8, 4) is 22.8 Å². The number of furan rings is 1. The third-order valence-corrected chi connectivity index (χ3v) is 7.30. The van der Waals surface area contributed by atoms with Crippen LogP contribution >= 0.6 is 0 Å². The Morgan fingerprint density at radius 2 is 1.77 bits per heavy atom. The summed E-state index contributed by atoms with van der Waals surface area (Å²) in [4.78, 5) is 19.1. The first-order chi connectivity index (χ1) is 18.9. The van der Waals surface area contributed by atoms with Gasteiger partial charge in [0.05, 0.1) is 11.6 Å². The highest BCUT2D eigenvalue weighted by Crippen LogP contribution is 2.43. The number of H-pyrrole nitrogens is 1. The number of carbonyl (C=O) groups is 1. The fraction of sp³-hybridized carbons (Fsp3) is 0.167. The Kier molecular flexibility index (Phi) is 5.23. The minimum Gasteiger partial charge on any atom is -0.454 e. The topological polar surface area (TPSA) is 67.7 Å². The van der Waals surface area contributed by atoms with E-state index in [-0.39, 0.29) is 29.8 Å². The second-order valence-corrected chi connectivity index (χ2v) is 9.57. The first-order valence-corrected chi connectivity index (χ1v) is 12.4. The van der Waals surface area contributed by atoms with E-state index in [0.29, 0.717) is 24.5 Å². The first-order valence-electron chi connectivity index (χ1n) is 12.4. The molecule has 2 aromatic heterocycles. The van der Waals surface area contributed by atoms with Gasteiger partial charge in [0, 0.05) is 28.7 Å². The van der Waals surface area contributed by atoms with Gasteiger partial charge in [-0.2, -0.15) is 13.2 Å². The van der Waals surface area contributed by atoms with E-state index in [2.05, 4.69) is 11.1 Å². The number of fused-ring (bicyclic) bond motifs is 4. The molecule has 4 heterocycles. The summed E-state index contributed by atoms with van der Waals surface area (Å²) in [5, 5.41) is 1.11. The number of rotatable bonds is 3. The summed E-state index contributed by atoms with van der Waals surface area (Å²) in [6.45, 7) is 0.556. The molecule has 1 atom stereocenters. The number of hydrogen-bond acceptors (Lipinski definition) is 4. The Morgan fingerprint density at radius 3 is 2.64 bits per heavy atom. The van der Waals surface area contributed by atoms with Gasteiger partial charge in [-0.25, -0.2) is 0 Å². The van der Waals surface area contributed by atoms with Crippen molar-refractivity contribution in [3.63, 3.8) is 0 Å². The van der Waals surface area contributed by atoms with E-state index in [1.807, 2.05) is 36.4 Å². The molecule has 9 heteroatoms. The van der Waals surface area contributed by atoms with Crippen molar-refractivity contribution in [2.24, 2.45) is 0 Å². The lowest BCUT2D eigenvalue weighted by Gasteiger charge is -2.35. The van der Waals surface area contributed by atoms with Crippen molar-refractivity contribution >= 4 is 16.8 Å². The molecule has 0 aliphatic carbocycles. The van der Waals surface area contributed by atoms with Crippen LogP contribution in [0.3, 0.4) is 0 Å². The Morgan fingerprint density at radius 1 is 0.923 bits per heavy atom. The molecular weight excluding hydrogens is 509 g/mol. The molecule has 5 aromatic rings. The summed E-state index contributed by atoms with van der Waals surface area (Å²) in [6, 6.07) is 21.1. The van der Waals surface area contributed by atoms with Crippen molar-refractivity contribution in [3.05, 3.63) is 107 Å². The van der Waals surface area contributed by atoms with Crippen LogP contribution in [0.25, 0.3) is 22.2 Å². The summed E-state index contributed by atoms with van der Waals surface area (Å²) in [7, 11) is 0. The molecule has 0 radical (unpaired) electrons. The van der Waals surface area contributed by atoms with Gasteiger partial charge in [0.25, 0.3) is 5.91 Å². The molecular formula is C30H21F3N2O4. The number of aromatic amines is 1. The number of amides is 1. The predicted molar refractivity (Wildman–Crippen MR) is 137 cm³/mol. The maximum atomic E-state index is 13.9. The van der Waals surface area contributed by atoms with E-state index in [9.17, 15) is 18.0 Å². The average molecular weight is 531 g/mol. The van der Waals surface area contributed by atoms with Crippen LogP contribution in [0, 0.1) is 0 Å². The Hall–Kier alpha value is -4.66. The van der Waals surface area contributed by atoms with E-state index in [1.54, 1.807) is 4.90 Å². The minimum atomic E-state index is -4.48. The van der Waals surface area contributed by atoms with Crippen molar-refractivity contribution in [1.29, 1.82) is 0 Å². The zero-order valence-electron chi connectivity index (χ0n) is 20.4. The molecule has 39 heavy (non-hydrogen) atoms. The third-order valence-electron chi connectivity index (χ3n) is 7.30. The standard InChI is InChI=1S/C30H21F3N2O4/c31-30(32,33)19-5-3-4-17(14-19)23-10-11-25(39-23)29(36)35-13-12-21-20-6-1-2-7-22(20)34-27(21)28(35)18-8-9-24-26(15-18)38-16-37-24/h1-11,14-15,28,34H,12-13,16H2. The van der Waals surface area contributed by atoms with Gasteiger partial charge in [-0.15, -0.1) is 0 Å². The van der Waals surface area contributed by atoms with Crippen LogP contribution in [-0.2, 0) is 12.6 Å². The number of carbonyl (C=O) groups excluding carboxylic acids is 1. The van der Waals surface area contributed by atoms with Crippen LogP contribution in [0.4, 0.5) is 13.2 Å². The quantitative estimate of drug-likeness (QED) is 0.274. The van der Waals surface area contributed by atoms with E-state index >= 15 is 0 Å². The Bertz CT molecular complexity index is 1740. The molecule has 0 bridgehead atoms. The first kappa shape index (κ1) is 23.5. The normalized spacial score (nSPS) is 16.5. The van der Waals surface area contributed by atoms with Crippen LogP contribution < -0.4 is 9.47 Å². The predicted octanol–water partition coefficient (Wildman–Crippen LogP) is 6.96. The van der Waals surface area contributed by atoms with E-state index in [0.717, 1.165) is 39.9 Å². The molecule has 0 fully saturated rings. The number of alkyl halides is 3. The van der Waals surface area contributed by atoms with E-state index < -0.39 is 17.8 Å². The van der Waals surface area contributed by atoms with E-state index in [4.69, 9.17) is 13.9 Å². The van der Waals surface area contributed by atoms with Gasteiger partial charge >= 0.3 is 6.18 Å². The molecule has 0 saturated carbocycles. The fourth-order valence-electron chi connectivity index (χ4n) is 5.49. The van der Waals surface area contributed by atoms with Gasteiger partial charge in [-0.05, 0) is 60.0 Å². The number of aromatic nitrogens is 1. The highest BCUT2D eigenvalue weighted by atomic mass is 19.4. The summed E-state index contributed by atoms with van der Waals surface area (Å²) >= 11 is 0. The highest BCUT2D eigenvalue weighted by molar-refractivity contribution is 5.94. The molecule has 0 spiro atoms.